The van der Waals surface area contributed by atoms with E-state index < -0.39 is 0 Å². The molecule has 3 aromatic rings. The van der Waals surface area contributed by atoms with Crippen LogP contribution in [0.15, 0.2) is 54.7 Å². The summed E-state index contributed by atoms with van der Waals surface area (Å²) in [6.45, 7) is 3.08. The van der Waals surface area contributed by atoms with Gasteiger partial charge in [0.15, 0.2) is 0 Å². The number of hydrogen-bond donors (Lipinski definition) is 2. The van der Waals surface area contributed by atoms with Crippen LogP contribution in [0.25, 0.3) is 10.9 Å². The van der Waals surface area contributed by atoms with Crippen molar-refractivity contribution in [1.82, 2.24) is 4.98 Å². The maximum Gasteiger partial charge on any atom is 0.0454 e. The number of aryl methyl sites for hydroxylation is 1. The largest absolute Gasteiger partial charge is 0.381 e. The van der Waals surface area contributed by atoms with Gasteiger partial charge in [-0.25, -0.2) is 0 Å². The molecule has 0 aliphatic rings. The minimum absolute atomic E-state index is 0.863. The van der Waals surface area contributed by atoms with Crippen molar-refractivity contribution < 1.29 is 0 Å². The van der Waals surface area contributed by atoms with Gasteiger partial charge in [-0.3, -0.25) is 0 Å². The lowest BCUT2D eigenvalue weighted by Gasteiger charge is -2.11. The second-order valence-electron chi connectivity index (χ2n) is 5.16. The number of aromatic amines is 1. The fraction of sp³-hybridized carbons (Fsp3) is 0.222. The molecule has 1 heterocycles. The Hall–Kier alpha value is -2.22. The molecule has 0 radical (unpaired) electrons. The van der Waals surface area contributed by atoms with Gasteiger partial charge >= 0.3 is 0 Å². The minimum Gasteiger partial charge on any atom is -0.381 e. The quantitative estimate of drug-likeness (QED) is 0.685. The highest BCUT2D eigenvalue weighted by Gasteiger charge is 2.01. The standard InChI is InChI=1S/C18H20N2/c1-2-5-15-6-3-4-7-17(15)20-13-14-8-9-18-16(12-14)10-11-19-18/h3-4,6-12,19-20H,2,5,13H2,1H3. The normalized spacial score (nSPS) is 10.8. The molecule has 0 aliphatic heterocycles. The molecule has 0 atom stereocenters. The zero-order valence-corrected chi connectivity index (χ0v) is 11.8. The van der Waals surface area contributed by atoms with E-state index in [0.717, 1.165) is 13.0 Å². The third-order valence-electron chi connectivity index (χ3n) is 3.64. The average molecular weight is 264 g/mol. The fourth-order valence-corrected chi connectivity index (χ4v) is 2.59. The smallest absolute Gasteiger partial charge is 0.0454 e. The molecule has 0 aliphatic carbocycles. The Bertz CT molecular complexity index is 697. The van der Waals surface area contributed by atoms with E-state index in [1.807, 2.05) is 6.20 Å². The Morgan fingerprint density at radius 2 is 1.95 bits per heavy atom. The van der Waals surface area contributed by atoms with Crippen molar-refractivity contribution in [1.29, 1.82) is 0 Å². The van der Waals surface area contributed by atoms with Gasteiger partial charge in [-0.1, -0.05) is 37.6 Å². The van der Waals surface area contributed by atoms with Gasteiger partial charge in [0.25, 0.3) is 0 Å². The molecule has 0 spiro atoms. The van der Waals surface area contributed by atoms with E-state index in [9.17, 15) is 0 Å². The summed E-state index contributed by atoms with van der Waals surface area (Å²) in [5.41, 5.74) is 5.16. The molecule has 0 saturated carbocycles. The van der Waals surface area contributed by atoms with Crippen molar-refractivity contribution in [2.24, 2.45) is 0 Å². The van der Waals surface area contributed by atoms with Crippen LogP contribution >= 0.6 is 0 Å². The number of rotatable bonds is 5. The summed E-state index contributed by atoms with van der Waals surface area (Å²) in [6, 6.07) is 17.3. The highest BCUT2D eigenvalue weighted by Crippen LogP contribution is 2.19. The maximum atomic E-state index is 3.56. The zero-order valence-electron chi connectivity index (χ0n) is 11.8. The Morgan fingerprint density at radius 3 is 2.85 bits per heavy atom. The highest BCUT2D eigenvalue weighted by atomic mass is 14.9. The Morgan fingerprint density at radius 1 is 1.05 bits per heavy atom. The number of H-pyrrole nitrogens is 1. The van der Waals surface area contributed by atoms with Crippen LogP contribution in [0.3, 0.4) is 0 Å². The number of fused-ring (bicyclic) bond motifs is 1. The number of hydrogen-bond acceptors (Lipinski definition) is 1. The van der Waals surface area contributed by atoms with Crippen LogP contribution in [-0.4, -0.2) is 4.98 Å². The van der Waals surface area contributed by atoms with Crippen molar-refractivity contribution in [3.05, 3.63) is 65.9 Å². The lowest BCUT2D eigenvalue weighted by atomic mass is 10.1. The molecule has 2 N–H and O–H groups in total. The van der Waals surface area contributed by atoms with Crippen molar-refractivity contribution in [2.75, 3.05) is 5.32 Å². The summed E-state index contributed by atoms with van der Waals surface area (Å²) < 4.78 is 0. The first-order valence-corrected chi connectivity index (χ1v) is 7.24. The molecule has 2 heteroatoms. The van der Waals surface area contributed by atoms with Crippen LogP contribution < -0.4 is 5.32 Å². The molecular weight excluding hydrogens is 244 g/mol. The molecule has 0 amide bonds. The van der Waals surface area contributed by atoms with Crippen LogP contribution in [-0.2, 0) is 13.0 Å². The predicted molar refractivity (Wildman–Crippen MR) is 86.1 cm³/mol. The van der Waals surface area contributed by atoms with Gasteiger partial charge in [0, 0.05) is 23.9 Å². The zero-order chi connectivity index (χ0) is 13.8. The van der Waals surface area contributed by atoms with E-state index in [1.165, 1.54) is 34.1 Å². The third kappa shape index (κ3) is 2.69. The first kappa shape index (κ1) is 12.8. The molecular formula is C18H20N2. The first-order valence-electron chi connectivity index (χ1n) is 7.24. The van der Waals surface area contributed by atoms with Gasteiger partial charge in [-0.05, 0) is 47.2 Å². The summed E-state index contributed by atoms with van der Waals surface area (Å²) in [4.78, 5) is 3.23. The van der Waals surface area contributed by atoms with Crippen molar-refractivity contribution >= 4 is 16.6 Å². The van der Waals surface area contributed by atoms with Crippen LogP contribution in [0.1, 0.15) is 24.5 Å². The van der Waals surface area contributed by atoms with Crippen molar-refractivity contribution in [3.8, 4) is 0 Å². The van der Waals surface area contributed by atoms with E-state index in [2.05, 4.69) is 65.8 Å². The second kappa shape index (κ2) is 5.83. The number of anilines is 1. The van der Waals surface area contributed by atoms with Gasteiger partial charge < -0.3 is 10.3 Å². The summed E-state index contributed by atoms with van der Waals surface area (Å²) in [7, 11) is 0. The molecule has 2 nitrogen and oxygen atoms in total. The number of benzene rings is 2. The van der Waals surface area contributed by atoms with Crippen LogP contribution in [0.5, 0.6) is 0 Å². The summed E-state index contributed by atoms with van der Waals surface area (Å²) in [5.74, 6) is 0. The van der Waals surface area contributed by atoms with Gasteiger partial charge in [-0.2, -0.15) is 0 Å². The predicted octanol–water partition coefficient (Wildman–Crippen LogP) is 4.73. The third-order valence-corrected chi connectivity index (χ3v) is 3.64. The summed E-state index contributed by atoms with van der Waals surface area (Å²) in [5, 5.41) is 4.83. The fourth-order valence-electron chi connectivity index (χ4n) is 2.59. The van der Waals surface area contributed by atoms with Crippen molar-refractivity contribution in [3.63, 3.8) is 0 Å². The Kier molecular flexibility index (Phi) is 3.73. The van der Waals surface area contributed by atoms with Gasteiger partial charge in [0.05, 0.1) is 0 Å². The lowest BCUT2D eigenvalue weighted by molar-refractivity contribution is 0.919. The lowest BCUT2D eigenvalue weighted by Crippen LogP contribution is -2.02. The molecule has 20 heavy (non-hydrogen) atoms. The van der Waals surface area contributed by atoms with E-state index in [0.29, 0.717) is 0 Å². The maximum absolute atomic E-state index is 3.56. The number of aromatic nitrogens is 1. The summed E-state index contributed by atoms with van der Waals surface area (Å²) in [6.07, 6.45) is 4.28. The molecule has 102 valence electrons. The molecule has 0 bridgehead atoms. The van der Waals surface area contributed by atoms with Gasteiger partial charge in [0.1, 0.15) is 0 Å². The SMILES string of the molecule is CCCc1ccccc1NCc1ccc2[nH]ccc2c1. The second-order valence-corrected chi connectivity index (χ2v) is 5.16. The number of para-hydroxylation sites is 1. The van der Waals surface area contributed by atoms with Crippen molar-refractivity contribution in [2.45, 2.75) is 26.3 Å². The molecule has 0 fully saturated rings. The monoisotopic (exact) mass is 264 g/mol. The first-order chi connectivity index (χ1) is 9.86. The van der Waals surface area contributed by atoms with Gasteiger partial charge in [-0.15, -0.1) is 0 Å². The van der Waals surface area contributed by atoms with Crippen LogP contribution in [0, 0.1) is 0 Å². The molecule has 3 rings (SSSR count). The molecule has 2 aromatic carbocycles. The van der Waals surface area contributed by atoms with E-state index in [1.54, 1.807) is 0 Å². The summed E-state index contributed by atoms with van der Waals surface area (Å²) >= 11 is 0. The van der Waals surface area contributed by atoms with E-state index in [-0.39, 0.29) is 0 Å². The van der Waals surface area contributed by atoms with Crippen LogP contribution in [0.4, 0.5) is 5.69 Å². The van der Waals surface area contributed by atoms with Crippen LogP contribution in [0.2, 0.25) is 0 Å². The van der Waals surface area contributed by atoms with E-state index >= 15 is 0 Å². The Balaban J connectivity index is 1.75. The molecule has 0 saturated heterocycles. The van der Waals surface area contributed by atoms with E-state index in [4.69, 9.17) is 0 Å². The average Bonchev–Trinajstić information content (AvgIpc) is 2.94. The minimum atomic E-state index is 0.863. The highest BCUT2D eigenvalue weighted by molar-refractivity contribution is 5.80. The molecule has 0 unspecified atom stereocenters. The number of nitrogens with one attached hydrogen (secondary N) is 2. The molecule has 1 aromatic heterocycles. The Labute approximate surface area is 119 Å². The van der Waals surface area contributed by atoms with Gasteiger partial charge in [0.2, 0.25) is 0 Å². The topological polar surface area (TPSA) is 27.8 Å².